The normalized spacial score (nSPS) is 22.9. The van der Waals surface area contributed by atoms with Gasteiger partial charge >= 0.3 is 29.9 Å². The van der Waals surface area contributed by atoms with Gasteiger partial charge in [-0.05, 0) is 181 Å². The fraction of sp³-hybridized carbons (Fsp3) is 0.588. The van der Waals surface area contributed by atoms with Crippen LogP contribution in [0.4, 0.5) is 43.9 Å². The van der Waals surface area contributed by atoms with E-state index in [0.29, 0.717) is 49.9 Å². The van der Waals surface area contributed by atoms with E-state index in [1.54, 1.807) is 0 Å². The minimum atomic E-state index is -5.77. The van der Waals surface area contributed by atoms with Crippen molar-refractivity contribution in [3.05, 3.63) is 127 Å². The van der Waals surface area contributed by atoms with E-state index in [1.165, 1.54) is 35.5 Å². The number of alkyl halides is 6. The lowest BCUT2D eigenvalue weighted by Gasteiger charge is -2.41. The van der Waals surface area contributed by atoms with E-state index in [-0.39, 0.29) is 56.5 Å². The molecule has 6 aliphatic rings. The van der Waals surface area contributed by atoms with Crippen LogP contribution in [0.15, 0.2) is 48.5 Å². The number of carboxylic acid groups (broad SMARTS) is 1. The van der Waals surface area contributed by atoms with Gasteiger partial charge in [-0.15, -0.1) is 0 Å². The van der Waals surface area contributed by atoms with E-state index in [9.17, 15) is 78.7 Å². The van der Waals surface area contributed by atoms with Crippen molar-refractivity contribution in [3.63, 3.8) is 0 Å². The monoisotopic (exact) mass is 1350 g/mol. The van der Waals surface area contributed by atoms with Crippen molar-refractivity contribution < 1.29 is 68.2 Å². The zero-order valence-corrected chi connectivity index (χ0v) is 55.7. The van der Waals surface area contributed by atoms with Gasteiger partial charge in [0.25, 0.3) is 0 Å². The van der Waals surface area contributed by atoms with Gasteiger partial charge in [-0.2, -0.15) is 36.9 Å². The second-order valence-corrected chi connectivity index (χ2v) is 29.5. The zero-order chi connectivity index (χ0) is 69.7. The third kappa shape index (κ3) is 16.0. The molecule has 4 fully saturated rings. The van der Waals surface area contributed by atoms with E-state index in [1.807, 2.05) is 78.2 Å². The number of carbonyl (C=O) groups is 4. The summed E-state index contributed by atoms with van der Waals surface area (Å²) in [6.07, 6.45) is -6.00. The van der Waals surface area contributed by atoms with Crippen LogP contribution < -0.4 is 5.32 Å². The van der Waals surface area contributed by atoms with Gasteiger partial charge in [0.15, 0.2) is 0 Å². The summed E-state index contributed by atoms with van der Waals surface area (Å²) in [6, 6.07) is 16.1. The standard InChI is InChI=1S/C32H39ClF2N4O.C17H22ClN3.C15H19F2NO2.C4F6O2/c1-19-26(33)14-22-25(31(5,6)18-36)15-32(28(22)37-19)9-11-38(12-10-32)29(40)24-17-39(30(2,3)4)16-23(24)21-8-7-20(34)13-27(21)35;1-11-14(18)8-12-13(16(2,3)10-19)9-17(15(12)21-11)4-6-20-7-5-17;1-15(2,3)18-7-11(12(8-18)14(19)20)10-5-4-9(16)6-13(10)17;5-3(6,7)1(11)2(12)4(8,9)10/h7-8,13-14,23-25H,9-12,15-17H2,1-6H3;8,13,20H,4-7,9H2,1-3H3;4-6,11-12H,7-8H2,1-3H3,(H,19,20);/t23-,24?,25+;13-;11-,12+;/m010./s1. The van der Waals surface area contributed by atoms with Crippen LogP contribution in [0.1, 0.15) is 176 Å². The van der Waals surface area contributed by atoms with Crippen molar-refractivity contribution in [2.45, 2.75) is 180 Å². The number of likely N-dealkylation sites (tertiary alicyclic amines) is 3. The Labute approximate surface area is 546 Å². The third-order valence-electron chi connectivity index (χ3n) is 19.8. The van der Waals surface area contributed by atoms with Gasteiger partial charge in [0.05, 0.1) is 67.6 Å². The first-order valence-electron chi connectivity index (χ1n) is 30.9. The minimum Gasteiger partial charge on any atom is -0.481 e. The van der Waals surface area contributed by atoms with Crippen molar-refractivity contribution in [1.29, 1.82) is 10.5 Å². The number of hydrogen-bond acceptors (Lipinski definition) is 11. The molecule has 506 valence electrons. The van der Waals surface area contributed by atoms with Gasteiger partial charge < -0.3 is 15.3 Å². The summed E-state index contributed by atoms with van der Waals surface area (Å²) < 4.78 is 123. The smallest absolute Gasteiger partial charge is 0.458 e. The van der Waals surface area contributed by atoms with Crippen LogP contribution in [0.25, 0.3) is 0 Å². The number of carbonyl (C=O) groups excluding carboxylic acids is 3. The number of halogens is 12. The van der Waals surface area contributed by atoms with Gasteiger partial charge in [0.2, 0.25) is 5.91 Å². The van der Waals surface area contributed by atoms with Crippen molar-refractivity contribution in [2.24, 2.45) is 22.7 Å². The van der Waals surface area contributed by atoms with Gasteiger partial charge in [-0.3, -0.25) is 38.9 Å². The van der Waals surface area contributed by atoms with E-state index in [4.69, 9.17) is 33.2 Å². The van der Waals surface area contributed by atoms with Gasteiger partial charge in [-0.1, -0.05) is 35.3 Å². The molecule has 0 bridgehead atoms. The topological polar surface area (TPSA) is 184 Å². The van der Waals surface area contributed by atoms with Crippen LogP contribution in [0, 0.1) is 82.4 Å². The van der Waals surface area contributed by atoms with Crippen molar-refractivity contribution in [2.75, 3.05) is 52.4 Å². The number of piperidine rings is 2. The van der Waals surface area contributed by atoms with Gasteiger partial charge in [-0.25, -0.2) is 17.6 Å². The molecule has 25 heteroatoms. The highest BCUT2D eigenvalue weighted by molar-refractivity contribution is 6.41. The zero-order valence-electron chi connectivity index (χ0n) is 54.2. The summed E-state index contributed by atoms with van der Waals surface area (Å²) in [6.45, 7) is 29.3. The van der Waals surface area contributed by atoms with Crippen LogP contribution in [0.3, 0.4) is 0 Å². The predicted octanol–water partition coefficient (Wildman–Crippen LogP) is 14.5. The molecule has 13 nitrogen and oxygen atoms in total. The average Bonchev–Trinajstić information content (AvgIpc) is 1.60. The predicted molar refractivity (Wildman–Crippen MR) is 330 cm³/mol. The van der Waals surface area contributed by atoms with Crippen molar-refractivity contribution in [1.82, 2.24) is 30.0 Å². The van der Waals surface area contributed by atoms with E-state index in [0.717, 1.165) is 91.4 Å². The van der Waals surface area contributed by atoms with Crippen LogP contribution >= 0.6 is 23.2 Å². The van der Waals surface area contributed by atoms with Crippen LogP contribution in [-0.4, -0.2) is 129 Å². The first kappa shape index (κ1) is 74.2. The molecule has 1 unspecified atom stereocenters. The minimum absolute atomic E-state index is 0.0151. The Morgan fingerprint density at radius 3 is 1.28 bits per heavy atom. The summed E-state index contributed by atoms with van der Waals surface area (Å²) in [5.74, 6) is -11.9. The fourth-order valence-corrected chi connectivity index (χ4v) is 14.4. The molecule has 2 aromatic carbocycles. The lowest BCUT2D eigenvalue weighted by Crippen LogP contribution is -2.48. The molecule has 2 aromatic heterocycles. The highest BCUT2D eigenvalue weighted by Crippen LogP contribution is 2.58. The Morgan fingerprint density at radius 2 is 0.935 bits per heavy atom. The maximum absolute atomic E-state index is 14.9. The first-order valence-corrected chi connectivity index (χ1v) is 31.6. The molecule has 93 heavy (non-hydrogen) atoms. The lowest BCUT2D eigenvalue weighted by molar-refractivity contribution is -0.193. The SMILES string of the molecule is CC(C)(C)N1C[C@@H](C(=O)O)[C@H](c2ccc(F)cc2F)C1.Cc1nc2c(cc1Cl)[C@H](C(C)(C)C#N)CC21CCN(C(=O)C2CN(C(C)(C)C)C[C@H]2c2ccc(F)cc2F)CC1.Cc1nc2c(cc1Cl)[C@H](C(C)(C)C#N)CC21CCNCC1.O=C(C(=O)C(F)(F)F)C(F)(F)F. The Morgan fingerprint density at radius 1 is 0.570 bits per heavy atom. The quantitative estimate of drug-likeness (QED) is 0.132. The van der Waals surface area contributed by atoms with Crippen LogP contribution in [-0.2, 0) is 30.0 Å². The fourth-order valence-electron chi connectivity index (χ4n) is 14.1. The summed E-state index contributed by atoms with van der Waals surface area (Å²) in [5.41, 5.74) is 5.48. The Kier molecular flexibility index (Phi) is 21.9. The van der Waals surface area contributed by atoms with Crippen molar-refractivity contribution in [3.8, 4) is 12.1 Å². The van der Waals surface area contributed by atoms with Gasteiger partial charge in [0, 0.05) is 97.0 Å². The van der Waals surface area contributed by atoms with E-state index < -0.39 is 76.3 Å². The highest BCUT2D eigenvalue weighted by atomic mass is 35.5. The largest absolute Gasteiger partial charge is 0.481 e. The number of ketones is 2. The van der Waals surface area contributed by atoms with Crippen LogP contribution in [0.5, 0.6) is 0 Å². The maximum atomic E-state index is 14.9. The third-order valence-corrected chi connectivity index (χ3v) is 20.6. The molecular formula is C68H80Cl2F10N8O5. The number of nitrogens with zero attached hydrogens (tertiary/aromatic N) is 7. The molecule has 4 aliphatic heterocycles. The number of fused-ring (bicyclic) bond motifs is 4. The van der Waals surface area contributed by atoms with Crippen molar-refractivity contribution >= 4 is 46.6 Å². The second-order valence-electron chi connectivity index (χ2n) is 28.7. The summed E-state index contributed by atoms with van der Waals surface area (Å²) in [4.78, 5) is 60.7. The number of rotatable bonds is 7. The summed E-state index contributed by atoms with van der Waals surface area (Å²) in [7, 11) is 0. The number of nitrogens with one attached hydrogen (secondary N) is 1. The molecule has 4 saturated heterocycles. The number of benzene rings is 2. The number of aromatic nitrogens is 2. The average molecular weight is 1350 g/mol. The highest BCUT2D eigenvalue weighted by Gasteiger charge is 2.56. The Hall–Kier alpha value is -6.24. The molecule has 2 spiro atoms. The molecule has 2 aliphatic carbocycles. The Bertz CT molecular complexity index is 3550. The van der Waals surface area contributed by atoms with Gasteiger partial charge in [0.1, 0.15) is 23.3 Å². The van der Waals surface area contributed by atoms with E-state index in [2.05, 4.69) is 49.2 Å². The summed E-state index contributed by atoms with van der Waals surface area (Å²) >= 11 is 12.8. The second kappa shape index (κ2) is 27.5. The maximum Gasteiger partial charge on any atom is 0.458 e. The molecule has 2 N–H and O–H groups in total. The molecule has 0 radical (unpaired) electrons. The number of Topliss-reactive ketones (excluding diaryl/α,β-unsaturated/α-hetero) is 2. The van der Waals surface area contributed by atoms with Crippen LogP contribution in [0.2, 0.25) is 10.0 Å². The summed E-state index contributed by atoms with van der Waals surface area (Å²) in [5, 5.41) is 33.7. The molecule has 0 saturated carbocycles. The molecule has 10 rings (SSSR count). The molecule has 6 heterocycles. The number of amides is 1. The number of carboxylic acids is 1. The molecule has 4 aromatic rings. The molecular weight excluding hydrogens is 1270 g/mol. The number of hydrogen-bond donors (Lipinski definition) is 2. The first-order chi connectivity index (χ1) is 42.8. The Balaban J connectivity index is 0.000000195. The number of aliphatic carboxylic acids is 1. The van der Waals surface area contributed by atoms with E-state index >= 15 is 0 Å². The number of pyridine rings is 2. The number of nitriles is 2. The number of aryl methyl sites for hydroxylation is 2. The lowest BCUT2D eigenvalue weighted by atomic mass is 9.71. The molecule has 1 amide bonds. The molecule has 6 atom stereocenters.